The average Bonchev–Trinajstić information content (AvgIpc) is 2.83. The number of aryl methyl sites for hydroxylation is 3. The molecule has 18 heavy (non-hydrogen) atoms. The van der Waals surface area contributed by atoms with Gasteiger partial charge in [0.1, 0.15) is 4.90 Å². The molecular weight excluding hydrogens is 258 g/mol. The summed E-state index contributed by atoms with van der Waals surface area (Å²) in [7, 11) is -3.64. The highest BCUT2D eigenvalue weighted by atomic mass is 32.2. The molecule has 0 saturated carbocycles. The lowest BCUT2D eigenvalue weighted by molar-refractivity contribution is 0.460. The summed E-state index contributed by atoms with van der Waals surface area (Å²) in [6.45, 7) is 4.85. The van der Waals surface area contributed by atoms with Crippen molar-refractivity contribution in [3.05, 3.63) is 23.2 Å². The molecule has 0 aliphatic carbocycles. The maximum absolute atomic E-state index is 12.1. The average molecular weight is 271 g/mol. The first-order valence-electron chi connectivity index (χ1n) is 5.20. The fourth-order valence-corrected chi connectivity index (χ4v) is 2.92. The minimum atomic E-state index is -3.64. The van der Waals surface area contributed by atoms with Gasteiger partial charge in [-0.15, -0.1) is 10.2 Å². The molecule has 0 radical (unpaired) electrons. The SMILES string of the molecule is Cc1nnc(CNS(=O)(=O)c2c(C)n[nH]c2C)o1. The van der Waals surface area contributed by atoms with Gasteiger partial charge in [-0.05, 0) is 13.8 Å². The Bertz CT molecular complexity index is 638. The van der Waals surface area contributed by atoms with Crippen LogP contribution in [-0.4, -0.2) is 28.8 Å². The van der Waals surface area contributed by atoms with Gasteiger partial charge in [0.2, 0.25) is 21.8 Å². The Morgan fingerprint density at radius 1 is 1.28 bits per heavy atom. The first kappa shape index (κ1) is 12.7. The number of rotatable bonds is 4. The van der Waals surface area contributed by atoms with Crippen molar-refractivity contribution in [3.63, 3.8) is 0 Å². The van der Waals surface area contributed by atoms with E-state index >= 15 is 0 Å². The van der Waals surface area contributed by atoms with Gasteiger partial charge in [0.15, 0.2) is 0 Å². The summed E-state index contributed by atoms with van der Waals surface area (Å²) in [4.78, 5) is 0.152. The van der Waals surface area contributed by atoms with Crippen LogP contribution in [0.2, 0.25) is 0 Å². The lowest BCUT2D eigenvalue weighted by atomic mass is 10.4. The summed E-state index contributed by atoms with van der Waals surface area (Å²) in [5.74, 6) is 0.606. The van der Waals surface area contributed by atoms with E-state index in [1.165, 1.54) is 0 Å². The summed E-state index contributed by atoms with van der Waals surface area (Å²) in [6.07, 6.45) is 0. The van der Waals surface area contributed by atoms with Crippen LogP contribution in [0.15, 0.2) is 9.31 Å². The predicted molar refractivity (Wildman–Crippen MR) is 61.1 cm³/mol. The number of aromatic amines is 1. The molecule has 0 aliphatic heterocycles. The normalized spacial score (nSPS) is 11.9. The van der Waals surface area contributed by atoms with E-state index in [4.69, 9.17) is 4.42 Å². The molecule has 2 aromatic rings. The minimum Gasteiger partial charge on any atom is -0.424 e. The predicted octanol–water partition coefficient (Wildman–Crippen LogP) is 0.196. The van der Waals surface area contributed by atoms with Gasteiger partial charge in [0, 0.05) is 6.92 Å². The van der Waals surface area contributed by atoms with Crippen LogP contribution in [0.4, 0.5) is 0 Å². The highest BCUT2D eigenvalue weighted by Crippen LogP contribution is 2.16. The largest absolute Gasteiger partial charge is 0.424 e. The fourth-order valence-electron chi connectivity index (χ4n) is 1.57. The highest BCUT2D eigenvalue weighted by Gasteiger charge is 2.22. The quantitative estimate of drug-likeness (QED) is 0.820. The van der Waals surface area contributed by atoms with Crippen molar-refractivity contribution in [3.8, 4) is 0 Å². The van der Waals surface area contributed by atoms with Gasteiger partial charge < -0.3 is 4.42 Å². The zero-order valence-corrected chi connectivity index (χ0v) is 11.0. The summed E-state index contributed by atoms with van der Waals surface area (Å²) < 4.78 is 31.6. The van der Waals surface area contributed by atoms with E-state index in [2.05, 4.69) is 25.1 Å². The smallest absolute Gasteiger partial charge is 0.244 e. The van der Waals surface area contributed by atoms with Crippen molar-refractivity contribution in [1.82, 2.24) is 25.1 Å². The second kappa shape index (κ2) is 4.50. The van der Waals surface area contributed by atoms with Gasteiger partial charge in [-0.2, -0.15) is 5.10 Å². The van der Waals surface area contributed by atoms with E-state index in [0.717, 1.165) is 0 Å². The number of H-pyrrole nitrogens is 1. The molecule has 2 aromatic heterocycles. The van der Waals surface area contributed by atoms with E-state index < -0.39 is 10.0 Å². The van der Waals surface area contributed by atoms with Crippen LogP contribution in [0, 0.1) is 20.8 Å². The van der Waals surface area contributed by atoms with Crippen molar-refractivity contribution in [2.24, 2.45) is 0 Å². The molecule has 2 heterocycles. The van der Waals surface area contributed by atoms with Crippen molar-refractivity contribution in [1.29, 1.82) is 0 Å². The molecule has 8 nitrogen and oxygen atoms in total. The van der Waals surface area contributed by atoms with Crippen LogP contribution >= 0.6 is 0 Å². The Morgan fingerprint density at radius 2 is 2.00 bits per heavy atom. The van der Waals surface area contributed by atoms with Crippen LogP contribution in [-0.2, 0) is 16.6 Å². The van der Waals surface area contributed by atoms with E-state index in [1.54, 1.807) is 20.8 Å². The Labute approximate surface area is 104 Å². The molecule has 0 amide bonds. The molecule has 2 N–H and O–H groups in total. The second-order valence-corrected chi connectivity index (χ2v) is 5.51. The molecule has 0 fully saturated rings. The van der Waals surface area contributed by atoms with Crippen molar-refractivity contribution in [2.75, 3.05) is 0 Å². The summed E-state index contributed by atoms with van der Waals surface area (Å²) in [5, 5.41) is 13.8. The number of hydrogen-bond acceptors (Lipinski definition) is 6. The van der Waals surface area contributed by atoms with Crippen LogP contribution in [0.25, 0.3) is 0 Å². The Kier molecular flexibility index (Phi) is 3.18. The molecule has 0 bridgehead atoms. The van der Waals surface area contributed by atoms with E-state index in [9.17, 15) is 8.42 Å². The monoisotopic (exact) mass is 271 g/mol. The zero-order valence-electron chi connectivity index (χ0n) is 10.2. The van der Waals surface area contributed by atoms with Crippen LogP contribution in [0.5, 0.6) is 0 Å². The zero-order chi connectivity index (χ0) is 13.3. The molecular formula is C9H13N5O3S. The number of nitrogens with one attached hydrogen (secondary N) is 2. The Morgan fingerprint density at radius 3 is 2.50 bits per heavy atom. The van der Waals surface area contributed by atoms with Gasteiger partial charge in [0.05, 0.1) is 17.9 Å². The number of aromatic nitrogens is 4. The van der Waals surface area contributed by atoms with Gasteiger partial charge in [-0.1, -0.05) is 0 Å². The van der Waals surface area contributed by atoms with Gasteiger partial charge in [-0.25, -0.2) is 13.1 Å². The summed E-state index contributed by atoms with van der Waals surface area (Å²) in [6, 6.07) is 0. The maximum atomic E-state index is 12.1. The van der Waals surface area contributed by atoms with E-state index in [0.29, 0.717) is 17.3 Å². The van der Waals surface area contributed by atoms with Crippen molar-refractivity contribution >= 4 is 10.0 Å². The maximum Gasteiger partial charge on any atom is 0.244 e. The molecule has 2 rings (SSSR count). The van der Waals surface area contributed by atoms with Crippen molar-refractivity contribution in [2.45, 2.75) is 32.2 Å². The lowest BCUT2D eigenvalue weighted by Crippen LogP contribution is -2.24. The van der Waals surface area contributed by atoms with Crippen molar-refractivity contribution < 1.29 is 12.8 Å². The van der Waals surface area contributed by atoms with Crippen LogP contribution in [0.1, 0.15) is 23.2 Å². The lowest BCUT2D eigenvalue weighted by Gasteiger charge is -2.04. The van der Waals surface area contributed by atoms with Gasteiger partial charge >= 0.3 is 0 Å². The molecule has 0 unspecified atom stereocenters. The molecule has 0 saturated heterocycles. The number of hydrogen-bond donors (Lipinski definition) is 2. The van der Waals surface area contributed by atoms with E-state index in [1.807, 2.05) is 0 Å². The third kappa shape index (κ3) is 2.41. The van der Waals surface area contributed by atoms with E-state index in [-0.39, 0.29) is 17.3 Å². The third-order valence-electron chi connectivity index (χ3n) is 2.31. The molecule has 0 aromatic carbocycles. The first-order valence-corrected chi connectivity index (χ1v) is 6.68. The van der Waals surface area contributed by atoms with Gasteiger partial charge in [-0.3, -0.25) is 5.10 Å². The summed E-state index contributed by atoms with van der Waals surface area (Å²) in [5.41, 5.74) is 0.906. The Balaban J connectivity index is 2.18. The van der Waals surface area contributed by atoms with Crippen LogP contribution < -0.4 is 4.72 Å². The first-order chi connectivity index (χ1) is 8.40. The highest BCUT2D eigenvalue weighted by molar-refractivity contribution is 7.89. The third-order valence-corrected chi connectivity index (χ3v) is 3.97. The molecule has 0 spiro atoms. The van der Waals surface area contributed by atoms with Crippen LogP contribution in [0.3, 0.4) is 0 Å². The standard InChI is InChI=1S/C9H13N5O3S/c1-5-9(6(2)12-11-5)18(15,16)10-4-8-14-13-7(3)17-8/h10H,4H2,1-3H3,(H,11,12). The molecule has 0 atom stereocenters. The molecule has 9 heteroatoms. The topological polar surface area (TPSA) is 114 Å². The molecule has 98 valence electrons. The van der Waals surface area contributed by atoms with Gasteiger partial charge in [0.25, 0.3) is 0 Å². The Hall–Kier alpha value is -1.74. The number of nitrogens with zero attached hydrogens (tertiary/aromatic N) is 3. The fraction of sp³-hybridized carbons (Fsp3) is 0.444. The summed E-state index contributed by atoms with van der Waals surface area (Å²) >= 11 is 0. The molecule has 0 aliphatic rings. The second-order valence-electron chi connectivity index (χ2n) is 3.80. The minimum absolute atomic E-state index is 0.0484. The number of sulfonamides is 1.